The number of Topliss-reactive ketones (excluding diaryl/α,β-unsaturated/α-hetero) is 2. The lowest BCUT2D eigenvalue weighted by Gasteiger charge is -2.29. The van der Waals surface area contributed by atoms with E-state index in [2.05, 4.69) is 13.8 Å². The van der Waals surface area contributed by atoms with Crippen molar-refractivity contribution in [2.45, 2.75) is 46.5 Å². The zero-order valence-electron chi connectivity index (χ0n) is 14.4. The van der Waals surface area contributed by atoms with Crippen molar-refractivity contribution in [1.29, 1.82) is 0 Å². The van der Waals surface area contributed by atoms with E-state index in [1.165, 1.54) is 11.1 Å². The number of ketones is 2. The van der Waals surface area contributed by atoms with Gasteiger partial charge in [0.05, 0.1) is 0 Å². The molecule has 2 nitrogen and oxygen atoms in total. The van der Waals surface area contributed by atoms with E-state index in [9.17, 15) is 9.59 Å². The summed E-state index contributed by atoms with van der Waals surface area (Å²) >= 11 is 0. The van der Waals surface area contributed by atoms with E-state index in [1.54, 1.807) is 12.1 Å². The lowest BCUT2D eigenvalue weighted by atomic mass is 9.70. The highest BCUT2D eigenvalue weighted by Gasteiger charge is 2.53. The quantitative estimate of drug-likeness (QED) is 0.757. The number of hydrogen-bond donors (Lipinski definition) is 0. The fourth-order valence-corrected chi connectivity index (χ4v) is 3.85. The highest BCUT2D eigenvalue weighted by Crippen LogP contribution is 2.44. The average molecular weight is 306 g/mol. The van der Waals surface area contributed by atoms with Gasteiger partial charge in [0.1, 0.15) is 5.41 Å². The van der Waals surface area contributed by atoms with E-state index in [1.807, 2.05) is 39.0 Å². The van der Waals surface area contributed by atoms with Gasteiger partial charge in [-0.3, -0.25) is 9.59 Å². The van der Waals surface area contributed by atoms with Crippen molar-refractivity contribution in [3.8, 4) is 0 Å². The molecule has 0 saturated heterocycles. The highest BCUT2D eigenvalue weighted by molar-refractivity contribution is 6.33. The van der Waals surface area contributed by atoms with Crippen LogP contribution >= 0.6 is 0 Å². The number of carbonyl (C=O) groups excluding carboxylic acids is 2. The number of hydrogen-bond acceptors (Lipinski definition) is 2. The molecule has 0 amide bonds. The van der Waals surface area contributed by atoms with Gasteiger partial charge in [0.2, 0.25) is 0 Å². The monoisotopic (exact) mass is 306 g/mol. The lowest BCUT2D eigenvalue weighted by molar-refractivity contribution is 0.0788. The number of fused-ring (bicyclic) bond motifs is 1. The average Bonchev–Trinajstić information content (AvgIpc) is 2.78. The molecule has 118 valence electrons. The van der Waals surface area contributed by atoms with Gasteiger partial charge in [-0.05, 0) is 61.9 Å². The van der Waals surface area contributed by atoms with E-state index >= 15 is 0 Å². The van der Waals surface area contributed by atoms with Gasteiger partial charge in [0.25, 0.3) is 0 Å². The molecule has 0 spiro atoms. The summed E-state index contributed by atoms with van der Waals surface area (Å²) in [7, 11) is 0. The molecule has 1 aliphatic rings. The molecule has 2 aromatic carbocycles. The second kappa shape index (κ2) is 5.16. The molecule has 0 heterocycles. The van der Waals surface area contributed by atoms with Crippen molar-refractivity contribution in [3.63, 3.8) is 0 Å². The zero-order valence-corrected chi connectivity index (χ0v) is 14.4. The predicted molar refractivity (Wildman–Crippen MR) is 92.5 cm³/mol. The van der Waals surface area contributed by atoms with Gasteiger partial charge >= 0.3 is 0 Å². The topological polar surface area (TPSA) is 34.1 Å². The van der Waals surface area contributed by atoms with Crippen LogP contribution in [0.5, 0.6) is 0 Å². The molecule has 0 N–H and O–H groups in total. The van der Waals surface area contributed by atoms with Crippen molar-refractivity contribution in [2.24, 2.45) is 0 Å². The Morgan fingerprint density at radius 1 is 0.826 bits per heavy atom. The largest absolute Gasteiger partial charge is 0.293 e. The summed E-state index contributed by atoms with van der Waals surface area (Å²) in [5.74, 6) is -0.0993. The van der Waals surface area contributed by atoms with Crippen LogP contribution in [0.4, 0.5) is 0 Å². The number of aryl methyl sites for hydroxylation is 1. The third-order valence-electron chi connectivity index (χ3n) is 5.66. The second-order valence-electron chi connectivity index (χ2n) is 6.58. The number of benzene rings is 2. The Bertz CT molecular complexity index is 808. The molecule has 1 aliphatic carbocycles. The molecule has 0 saturated carbocycles. The Morgan fingerprint density at radius 2 is 1.35 bits per heavy atom. The van der Waals surface area contributed by atoms with Crippen molar-refractivity contribution in [1.82, 2.24) is 0 Å². The van der Waals surface area contributed by atoms with Gasteiger partial charge in [-0.1, -0.05) is 37.3 Å². The Kier molecular flexibility index (Phi) is 3.51. The fraction of sp³-hybridized carbons (Fsp3) is 0.333. The minimum Gasteiger partial charge on any atom is -0.293 e. The summed E-state index contributed by atoms with van der Waals surface area (Å²) in [6.07, 6.45) is 0.488. The van der Waals surface area contributed by atoms with Crippen LogP contribution in [0.3, 0.4) is 0 Å². The van der Waals surface area contributed by atoms with E-state index in [4.69, 9.17) is 0 Å². The van der Waals surface area contributed by atoms with Gasteiger partial charge in [-0.25, -0.2) is 0 Å². The molecule has 3 rings (SSSR count). The van der Waals surface area contributed by atoms with Gasteiger partial charge in [0.15, 0.2) is 11.6 Å². The van der Waals surface area contributed by atoms with Gasteiger partial charge < -0.3 is 0 Å². The molecule has 0 aliphatic heterocycles. The van der Waals surface area contributed by atoms with Crippen LogP contribution in [0.1, 0.15) is 61.9 Å². The van der Waals surface area contributed by atoms with Crippen molar-refractivity contribution in [2.75, 3.05) is 0 Å². The molecular weight excluding hydrogens is 284 g/mol. The molecule has 2 heteroatoms. The smallest absolute Gasteiger partial charge is 0.181 e. The normalized spacial score (nSPS) is 15.9. The second-order valence-corrected chi connectivity index (χ2v) is 6.58. The van der Waals surface area contributed by atoms with E-state index in [0.717, 1.165) is 16.7 Å². The first-order chi connectivity index (χ1) is 10.9. The van der Waals surface area contributed by atoms with Crippen LogP contribution in [0.25, 0.3) is 0 Å². The molecule has 0 aromatic heterocycles. The molecule has 0 radical (unpaired) electrons. The summed E-state index contributed by atoms with van der Waals surface area (Å²) in [6, 6.07) is 9.25. The SMILES string of the molecule is CCC1(c2cc(C)c(C)c(C)c2C)C(=O)c2ccccc2C1=O. The fourth-order valence-electron chi connectivity index (χ4n) is 3.85. The Hall–Kier alpha value is -2.22. The van der Waals surface area contributed by atoms with Crippen LogP contribution in [0.15, 0.2) is 30.3 Å². The van der Waals surface area contributed by atoms with Crippen LogP contribution in [-0.2, 0) is 5.41 Å². The third-order valence-corrected chi connectivity index (χ3v) is 5.66. The van der Waals surface area contributed by atoms with Crippen molar-refractivity contribution < 1.29 is 9.59 Å². The molecule has 2 aromatic rings. The minimum absolute atomic E-state index is 0.0497. The Morgan fingerprint density at radius 3 is 1.83 bits per heavy atom. The first-order valence-corrected chi connectivity index (χ1v) is 8.12. The standard InChI is InChI=1S/C21H22O2/c1-6-21(18-11-12(2)13(3)14(4)15(18)5)19(22)16-9-7-8-10-17(16)20(21)23/h7-11H,6H2,1-5H3. The predicted octanol–water partition coefficient (Wildman–Crippen LogP) is 4.65. The van der Waals surface area contributed by atoms with Crippen molar-refractivity contribution in [3.05, 3.63) is 69.3 Å². The molecule has 0 atom stereocenters. The first-order valence-electron chi connectivity index (χ1n) is 8.12. The molecular formula is C21H22O2. The van der Waals surface area contributed by atoms with Crippen LogP contribution in [0, 0.1) is 27.7 Å². The molecule has 23 heavy (non-hydrogen) atoms. The van der Waals surface area contributed by atoms with Crippen molar-refractivity contribution >= 4 is 11.6 Å². The number of carbonyl (C=O) groups is 2. The molecule has 0 bridgehead atoms. The summed E-state index contributed by atoms with van der Waals surface area (Å²) in [5.41, 5.74) is 5.54. The molecule has 0 fully saturated rings. The van der Waals surface area contributed by atoms with E-state index in [0.29, 0.717) is 17.5 Å². The summed E-state index contributed by atoms with van der Waals surface area (Å²) in [4.78, 5) is 26.4. The Labute approximate surface area is 137 Å². The van der Waals surface area contributed by atoms with Crippen LogP contribution < -0.4 is 0 Å². The van der Waals surface area contributed by atoms with Gasteiger partial charge in [-0.15, -0.1) is 0 Å². The lowest BCUT2D eigenvalue weighted by Crippen LogP contribution is -2.38. The Balaban J connectivity index is 2.35. The van der Waals surface area contributed by atoms with Crippen LogP contribution in [-0.4, -0.2) is 11.6 Å². The first kappa shape index (κ1) is 15.7. The van der Waals surface area contributed by atoms with Gasteiger partial charge in [0, 0.05) is 11.1 Å². The summed E-state index contributed by atoms with van der Waals surface area (Å²) in [6.45, 7) is 10.2. The zero-order chi connectivity index (χ0) is 16.9. The molecule has 0 unspecified atom stereocenters. The van der Waals surface area contributed by atoms with E-state index in [-0.39, 0.29) is 11.6 Å². The minimum atomic E-state index is -1.06. The maximum Gasteiger partial charge on any atom is 0.181 e. The highest BCUT2D eigenvalue weighted by atomic mass is 16.2. The van der Waals surface area contributed by atoms with Crippen LogP contribution in [0.2, 0.25) is 0 Å². The van der Waals surface area contributed by atoms with Gasteiger partial charge in [-0.2, -0.15) is 0 Å². The summed E-state index contributed by atoms with van der Waals surface area (Å²) < 4.78 is 0. The summed E-state index contributed by atoms with van der Waals surface area (Å²) in [5, 5.41) is 0. The third kappa shape index (κ3) is 1.87. The maximum absolute atomic E-state index is 13.2. The maximum atomic E-state index is 13.2. The number of rotatable bonds is 2. The van der Waals surface area contributed by atoms with E-state index < -0.39 is 5.41 Å².